The maximum absolute atomic E-state index is 5.43. The SMILES string of the molecule is [CH]NC1CCN(Cc2ccccc2)CC1. The molecule has 0 aliphatic carbocycles. The second-order valence-corrected chi connectivity index (χ2v) is 4.20. The lowest BCUT2D eigenvalue weighted by Crippen LogP contribution is -2.40. The summed E-state index contributed by atoms with van der Waals surface area (Å²) in [4.78, 5) is 2.49. The maximum Gasteiger partial charge on any atom is 0.0409 e. The highest BCUT2D eigenvalue weighted by Gasteiger charge is 2.17. The molecule has 1 saturated heterocycles. The van der Waals surface area contributed by atoms with E-state index in [0.717, 1.165) is 32.5 Å². The Morgan fingerprint density at radius 2 is 1.87 bits per heavy atom. The van der Waals surface area contributed by atoms with Crippen LogP contribution < -0.4 is 5.32 Å². The lowest BCUT2D eigenvalue weighted by Gasteiger charge is -2.31. The Bertz CT molecular complexity index is 276. The van der Waals surface area contributed by atoms with E-state index in [2.05, 4.69) is 40.5 Å². The van der Waals surface area contributed by atoms with E-state index in [9.17, 15) is 0 Å². The van der Waals surface area contributed by atoms with Gasteiger partial charge in [-0.15, -0.1) is 0 Å². The predicted molar refractivity (Wildman–Crippen MR) is 62.2 cm³/mol. The van der Waals surface area contributed by atoms with E-state index in [1.54, 1.807) is 0 Å². The average Bonchev–Trinajstić information content (AvgIpc) is 2.31. The molecule has 1 aliphatic rings. The Kier molecular flexibility index (Phi) is 3.75. The molecule has 0 saturated carbocycles. The van der Waals surface area contributed by atoms with Crippen molar-refractivity contribution in [1.82, 2.24) is 10.2 Å². The van der Waals surface area contributed by atoms with Crippen LogP contribution in [0.25, 0.3) is 0 Å². The van der Waals surface area contributed by atoms with Crippen molar-refractivity contribution in [3.8, 4) is 0 Å². The van der Waals surface area contributed by atoms with Gasteiger partial charge in [-0.05, 0) is 31.5 Å². The molecule has 0 atom stereocenters. The van der Waals surface area contributed by atoms with E-state index < -0.39 is 0 Å². The Morgan fingerprint density at radius 1 is 1.20 bits per heavy atom. The quantitative estimate of drug-likeness (QED) is 0.753. The first kappa shape index (κ1) is 10.7. The molecule has 1 aliphatic heterocycles. The molecule has 1 aromatic rings. The van der Waals surface area contributed by atoms with Crippen molar-refractivity contribution in [2.45, 2.75) is 25.4 Å². The van der Waals surface area contributed by atoms with Crippen LogP contribution in [0.3, 0.4) is 0 Å². The lowest BCUT2D eigenvalue weighted by atomic mass is 10.0. The molecule has 0 bridgehead atoms. The number of rotatable bonds is 3. The van der Waals surface area contributed by atoms with E-state index in [0.29, 0.717) is 6.04 Å². The highest BCUT2D eigenvalue weighted by atomic mass is 15.1. The van der Waals surface area contributed by atoms with Crippen LogP contribution in [0.2, 0.25) is 0 Å². The number of hydrogen-bond donors (Lipinski definition) is 1. The van der Waals surface area contributed by atoms with Crippen LogP contribution in [-0.2, 0) is 6.54 Å². The van der Waals surface area contributed by atoms with Gasteiger partial charge in [-0.1, -0.05) is 30.3 Å². The van der Waals surface area contributed by atoms with Crippen molar-refractivity contribution >= 4 is 0 Å². The zero-order chi connectivity index (χ0) is 10.5. The van der Waals surface area contributed by atoms with Crippen LogP contribution in [0.15, 0.2) is 30.3 Å². The molecule has 0 amide bonds. The average molecular weight is 202 g/mol. The van der Waals surface area contributed by atoms with Crippen LogP contribution in [-0.4, -0.2) is 24.0 Å². The zero-order valence-electron chi connectivity index (χ0n) is 9.02. The molecule has 80 valence electrons. The summed E-state index contributed by atoms with van der Waals surface area (Å²) in [5.74, 6) is 0. The van der Waals surface area contributed by atoms with Crippen molar-refractivity contribution in [1.29, 1.82) is 0 Å². The smallest absolute Gasteiger partial charge is 0.0409 e. The molecule has 2 heteroatoms. The van der Waals surface area contributed by atoms with Crippen LogP contribution >= 0.6 is 0 Å². The topological polar surface area (TPSA) is 15.3 Å². The first-order valence-electron chi connectivity index (χ1n) is 5.61. The lowest BCUT2D eigenvalue weighted by molar-refractivity contribution is 0.196. The Morgan fingerprint density at radius 3 is 2.47 bits per heavy atom. The molecule has 2 nitrogen and oxygen atoms in total. The second kappa shape index (κ2) is 5.29. The normalized spacial score (nSPS) is 19.3. The molecule has 1 fully saturated rings. The van der Waals surface area contributed by atoms with E-state index in [1.165, 1.54) is 5.56 Å². The number of piperidine rings is 1. The second-order valence-electron chi connectivity index (χ2n) is 4.20. The minimum absolute atomic E-state index is 0.511. The maximum atomic E-state index is 5.43. The van der Waals surface area contributed by atoms with Gasteiger partial charge in [-0.2, -0.15) is 0 Å². The number of benzene rings is 1. The van der Waals surface area contributed by atoms with Crippen LogP contribution in [0.5, 0.6) is 0 Å². The fourth-order valence-corrected chi connectivity index (χ4v) is 2.10. The summed E-state index contributed by atoms with van der Waals surface area (Å²) < 4.78 is 0. The van der Waals surface area contributed by atoms with Crippen molar-refractivity contribution in [2.75, 3.05) is 13.1 Å². The number of nitrogens with zero attached hydrogens (tertiary/aromatic N) is 1. The van der Waals surface area contributed by atoms with Gasteiger partial charge in [-0.3, -0.25) is 4.90 Å². The molecular weight excluding hydrogens is 184 g/mol. The number of likely N-dealkylation sites (tertiary alicyclic amines) is 1. The van der Waals surface area contributed by atoms with Gasteiger partial charge in [0.15, 0.2) is 0 Å². The molecular formula is C13H18N2. The largest absolute Gasteiger partial charge is 0.308 e. The number of nitrogens with one attached hydrogen (secondary N) is 1. The Labute approximate surface area is 92.3 Å². The van der Waals surface area contributed by atoms with Crippen molar-refractivity contribution in [3.05, 3.63) is 42.9 Å². The summed E-state index contributed by atoms with van der Waals surface area (Å²) in [5, 5.41) is 2.86. The minimum Gasteiger partial charge on any atom is -0.308 e. The zero-order valence-corrected chi connectivity index (χ0v) is 9.02. The van der Waals surface area contributed by atoms with Gasteiger partial charge in [0.05, 0.1) is 0 Å². The van der Waals surface area contributed by atoms with Crippen LogP contribution in [0.1, 0.15) is 18.4 Å². The molecule has 15 heavy (non-hydrogen) atoms. The van der Waals surface area contributed by atoms with Crippen molar-refractivity contribution < 1.29 is 0 Å². The predicted octanol–water partition coefficient (Wildman–Crippen LogP) is 1.91. The molecule has 0 spiro atoms. The number of hydrogen-bond acceptors (Lipinski definition) is 2. The summed E-state index contributed by atoms with van der Waals surface area (Å²) in [5.41, 5.74) is 1.40. The molecule has 1 N–H and O–H groups in total. The molecule has 2 radical (unpaired) electrons. The fourth-order valence-electron chi connectivity index (χ4n) is 2.10. The molecule has 0 aromatic heterocycles. The van der Waals surface area contributed by atoms with E-state index in [4.69, 9.17) is 7.05 Å². The summed E-state index contributed by atoms with van der Waals surface area (Å²) in [6.45, 7) is 3.35. The van der Waals surface area contributed by atoms with E-state index >= 15 is 0 Å². The third-order valence-electron chi connectivity index (χ3n) is 3.07. The van der Waals surface area contributed by atoms with Gasteiger partial charge >= 0.3 is 0 Å². The molecule has 1 heterocycles. The van der Waals surface area contributed by atoms with E-state index in [-0.39, 0.29) is 0 Å². The van der Waals surface area contributed by atoms with E-state index in [1.807, 2.05) is 0 Å². The summed E-state index contributed by atoms with van der Waals surface area (Å²) in [7, 11) is 5.43. The Balaban J connectivity index is 1.82. The third kappa shape index (κ3) is 3.05. The minimum atomic E-state index is 0.511. The molecule has 1 aromatic carbocycles. The first-order chi connectivity index (χ1) is 7.38. The van der Waals surface area contributed by atoms with Gasteiger partial charge in [0.2, 0.25) is 0 Å². The highest BCUT2D eigenvalue weighted by Crippen LogP contribution is 2.13. The van der Waals surface area contributed by atoms with Gasteiger partial charge in [0.1, 0.15) is 0 Å². The molecule has 2 rings (SSSR count). The van der Waals surface area contributed by atoms with Gasteiger partial charge in [0, 0.05) is 19.6 Å². The van der Waals surface area contributed by atoms with Crippen molar-refractivity contribution in [3.63, 3.8) is 0 Å². The summed E-state index contributed by atoms with van der Waals surface area (Å²) in [6, 6.07) is 11.2. The van der Waals surface area contributed by atoms with Crippen LogP contribution in [0.4, 0.5) is 0 Å². The fraction of sp³-hybridized carbons (Fsp3) is 0.462. The molecule has 0 unspecified atom stereocenters. The van der Waals surface area contributed by atoms with Crippen molar-refractivity contribution in [2.24, 2.45) is 0 Å². The van der Waals surface area contributed by atoms with Gasteiger partial charge in [-0.25, -0.2) is 0 Å². The standard InChI is InChI=1S/C13H18N2/c1-14-13-7-9-15(10-8-13)11-12-5-3-2-4-6-12/h1-6,13-14H,7-11H2. The monoisotopic (exact) mass is 202 g/mol. The third-order valence-corrected chi connectivity index (χ3v) is 3.07. The van der Waals surface area contributed by atoms with Crippen LogP contribution in [0, 0.1) is 7.05 Å². The first-order valence-corrected chi connectivity index (χ1v) is 5.61. The summed E-state index contributed by atoms with van der Waals surface area (Å²) in [6.07, 6.45) is 2.31. The van der Waals surface area contributed by atoms with Gasteiger partial charge < -0.3 is 5.32 Å². The van der Waals surface area contributed by atoms with Gasteiger partial charge in [0.25, 0.3) is 0 Å². The highest BCUT2D eigenvalue weighted by molar-refractivity contribution is 5.14. The Hall–Kier alpha value is -0.860. The summed E-state index contributed by atoms with van der Waals surface area (Å²) >= 11 is 0.